The van der Waals surface area contributed by atoms with Crippen molar-refractivity contribution >= 4 is 0 Å². The predicted molar refractivity (Wildman–Crippen MR) is 71.6 cm³/mol. The first-order valence-electron chi connectivity index (χ1n) is 7.99. The summed E-state index contributed by atoms with van der Waals surface area (Å²) in [4.78, 5) is 2.78. The van der Waals surface area contributed by atoms with Crippen molar-refractivity contribution in [2.45, 2.75) is 56.7 Å². The first-order valence-corrected chi connectivity index (χ1v) is 7.99. The third-order valence-corrected chi connectivity index (χ3v) is 5.31. The molecule has 2 aliphatic heterocycles. The average Bonchev–Trinajstić information content (AvgIpc) is 3.29. The van der Waals surface area contributed by atoms with Crippen LogP contribution in [0.2, 0.25) is 0 Å². The van der Waals surface area contributed by atoms with E-state index in [9.17, 15) is 0 Å². The van der Waals surface area contributed by atoms with Crippen LogP contribution in [0.5, 0.6) is 0 Å². The van der Waals surface area contributed by atoms with Crippen molar-refractivity contribution in [3.63, 3.8) is 0 Å². The predicted octanol–water partition coefficient (Wildman–Crippen LogP) is 1.63. The summed E-state index contributed by atoms with van der Waals surface area (Å²) in [5.41, 5.74) is 0. The molecule has 3 atom stereocenters. The maximum absolute atomic E-state index is 5.85. The molecule has 102 valence electrons. The molecule has 0 radical (unpaired) electrons. The van der Waals surface area contributed by atoms with E-state index in [2.05, 4.69) is 10.2 Å². The van der Waals surface area contributed by atoms with Crippen molar-refractivity contribution in [2.75, 3.05) is 26.2 Å². The summed E-state index contributed by atoms with van der Waals surface area (Å²) in [6.07, 6.45) is 8.93. The molecule has 3 nitrogen and oxygen atoms in total. The Labute approximate surface area is 110 Å². The highest BCUT2D eigenvalue weighted by atomic mass is 16.5. The maximum Gasteiger partial charge on any atom is 0.0702 e. The lowest BCUT2D eigenvalue weighted by Gasteiger charge is -2.42. The minimum atomic E-state index is 0.532. The Morgan fingerprint density at radius 3 is 2.56 bits per heavy atom. The highest BCUT2D eigenvalue weighted by Gasteiger charge is 2.43. The summed E-state index contributed by atoms with van der Waals surface area (Å²) < 4.78 is 5.85. The van der Waals surface area contributed by atoms with Gasteiger partial charge >= 0.3 is 0 Å². The van der Waals surface area contributed by atoms with E-state index in [0.717, 1.165) is 30.5 Å². The van der Waals surface area contributed by atoms with Gasteiger partial charge in [-0.25, -0.2) is 0 Å². The zero-order valence-corrected chi connectivity index (χ0v) is 11.3. The zero-order valence-electron chi connectivity index (χ0n) is 11.3. The molecule has 2 heterocycles. The van der Waals surface area contributed by atoms with Crippen LogP contribution in [-0.2, 0) is 4.74 Å². The lowest BCUT2D eigenvalue weighted by Crippen LogP contribution is -2.59. The van der Waals surface area contributed by atoms with Gasteiger partial charge in [0.15, 0.2) is 0 Å². The number of rotatable bonds is 4. The number of piperazine rings is 1. The standard InChI is InChI=1S/C15H26N2O/c1-2-13(18-7-1)9-17-10-14(11-3-4-11)16-8-15(17)12-5-6-12/h11-16H,1-10H2. The second-order valence-corrected chi connectivity index (χ2v) is 6.85. The largest absolute Gasteiger partial charge is 0.377 e. The Hall–Kier alpha value is -0.120. The molecule has 3 unspecified atom stereocenters. The van der Waals surface area contributed by atoms with E-state index in [1.165, 1.54) is 58.2 Å². The molecule has 18 heavy (non-hydrogen) atoms. The van der Waals surface area contributed by atoms with Gasteiger partial charge in [0.05, 0.1) is 6.10 Å². The fourth-order valence-corrected chi connectivity index (χ4v) is 3.87. The van der Waals surface area contributed by atoms with Crippen molar-refractivity contribution in [2.24, 2.45) is 11.8 Å². The molecule has 0 spiro atoms. The lowest BCUT2D eigenvalue weighted by atomic mass is 10.0. The smallest absolute Gasteiger partial charge is 0.0702 e. The molecule has 2 saturated carbocycles. The highest BCUT2D eigenvalue weighted by Crippen LogP contribution is 2.39. The Balaban J connectivity index is 1.40. The van der Waals surface area contributed by atoms with Gasteiger partial charge < -0.3 is 10.1 Å². The third kappa shape index (κ3) is 2.45. The summed E-state index contributed by atoms with van der Waals surface area (Å²) in [6.45, 7) is 4.72. The molecule has 0 aromatic rings. The van der Waals surface area contributed by atoms with Gasteiger partial charge in [-0.3, -0.25) is 4.90 Å². The Kier molecular flexibility index (Phi) is 3.10. The van der Waals surface area contributed by atoms with Crippen molar-refractivity contribution in [1.82, 2.24) is 10.2 Å². The van der Waals surface area contributed by atoms with E-state index in [-0.39, 0.29) is 0 Å². The minimum absolute atomic E-state index is 0.532. The summed E-state index contributed by atoms with van der Waals surface area (Å²) >= 11 is 0. The van der Waals surface area contributed by atoms with Gasteiger partial charge in [0.25, 0.3) is 0 Å². The fraction of sp³-hybridized carbons (Fsp3) is 1.00. The topological polar surface area (TPSA) is 24.5 Å². The fourth-order valence-electron chi connectivity index (χ4n) is 3.87. The molecule has 2 aliphatic carbocycles. The Morgan fingerprint density at radius 1 is 1.06 bits per heavy atom. The van der Waals surface area contributed by atoms with Crippen LogP contribution in [0.4, 0.5) is 0 Å². The van der Waals surface area contributed by atoms with Gasteiger partial charge in [-0.15, -0.1) is 0 Å². The summed E-state index contributed by atoms with van der Waals surface area (Å²) in [6, 6.07) is 1.59. The third-order valence-electron chi connectivity index (χ3n) is 5.31. The number of nitrogens with one attached hydrogen (secondary N) is 1. The van der Waals surface area contributed by atoms with Gasteiger partial charge in [0.2, 0.25) is 0 Å². The molecule has 0 bridgehead atoms. The zero-order chi connectivity index (χ0) is 11.9. The average molecular weight is 250 g/mol. The van der Waals surface area contributed by atoms with Gasteiger partial charge in [-0.1, -0.05) is 0 Å². The van der Waals surface area contributed by atoms with E-state index >= 15 is 0 Å². The minimum Gasteiger partial charge on any atom is -0.377 e. The Bertz CT molecular complexity index is 293. The molecule has 0 aromatic heterocycles. The summed E-state index contributed by atoms with van der Waals surface area (Å²) in [7, 11) is 0. The van der Waals surface area contributed by atoms with Crippen LogP contribution in [-0.4, -0.2) is 49.3 Å². The molecule has 2 saturated heterocycles. The monoisotopic (exact) mass is 250 g/mol. The van der Waals surface area contributed by atoms with Crippen LogP contribution >= 0.6 is 0 Å². The second kappa shape index (κ2) is 4.77. The second-order valence-electron chi connectivity index (χ2n) is 6.85. The van der Waals surface area contributed by atoms with Gasteiger partial charge in [-0.05, 0) is 50.4 Å². The van der Waals surface area contributed by atoms with E-state index in [4.69, 9.17) is 4.74 Å². The van der Waals surface area contributed by atoms with Gasteiger partial charge in [0.1, 0.15) is 0 Å². The molecule has 3 heteroatoms. The van der Waals surface area contributed by atoms with Crippen LogP contribution in [0.1, 0.15) is 38.5 Å². The first-order chi connectivity index (χ1) is 8.90. The van der Waals surface area contributed by atoms with Crippen LogP contribution in [0.15, 0.2) is 0 Å². The van der Waals surface area contributed by atoms with Crippen LogP contribution in [0, 0.1) is 11.8 Å². The molecular weight excluding hydrogens is 224 g/mol. The highest BCUT2D eigenvalue weighted by molar-refractivity contribution is 4.99. The number of ether oxygens (including phenoxy) is 1. The van der Waals surface area contributed by atoms with Crippen LogP contribution < -0.4 is 5.32 Å². The quantitative estimate of drug-likeness (QED) is 0.821. The summed E-state index contributed by atoms with van der Waals surface area (Å²) in [5.74, 6) is 1.97. The van der Waals surface area contributed by atoms with E-state index in [1.54, 1.807) is 0 Å². The molecule has 4 rings (SSSR count). The van der Waals surface area contributed by atoms with Gasteiger partial charge in [-0.2, -0.15) is 0 Å². The first kappa shape index (κ1) is 11.7. The Morgan fingerprint density at radius 2 is 1.89 bits per heavy atom. The molecule has 4 aliphatic rings. The van der Waals surface area contributed by atoms with Crippen molar-refractivity contribution in [1.29, 1.82) is 0 Å². The molecule has 0 amide bonds. The number of hydrogen-bond donors (Lipinski definition) is 1. The van der Waals surface area contributed by atoms with Gasteiger partial charge in [0, 0.05) is 38.3 Å². The normalized spacial score (nSPS) is 42.3. The van der Waals surface area contributed by atoms with Crippen molar-refractivity contribution in [3.8, 4) is 0 Å². The SMILES string of the molecule is C1COC(CN2CC(C3CC3)NCC2C2CC2)C1. The van der Waals surface area contributed by atoms with Crippen LogP contribution in [0.25, 0.3) is 0 Å². The van der Waals surface area contributed by atoms with Crippen LogP contribution in [0.3, 0.4) is 0 Å². The van der Waals surface area contributed by atoms with E-state index in [0.29, 0.717) is 6.10 Å². The molecule has 1 N–H and O–H groups in total. The molecule has 4 fully saturated rings. The molecule has 0 aromatic carbocycles. The number of nitrogens with zero attached hydrogens (tertiary/aromatic N) is 1. The lowest BCUT2D eigenvalue weighted by molar-refractivity contribution is 0.0312. The van der Waals surface area contributed by atoms with E-state index < -0.39 is 0 Å². The number of hydrogen-bond acceptors (Lipinski definition) is 3. The molecular formula is C15H26N2O. The van der Waals surface area contributed by atoms with E-state index in [1.807, 2.05) is 0 Å². The summed E-state index contributed by atoms with van der Waals surface area (Å²) in [5, 5.41) is 3.82. The van der Waals surface area contributed by atoms with Crippen molar-refractivity contribution in [3.05, 3.63) is 0 Å². The van der Waals surface area contributed by atoms with Crippen molar-refractivity contribution < 1.29 is 4.74 Å². The maximum atomic E-state index is 5.85.